The molecule has 0 radical (unpaired) electrons. The number of aromatic nitrogens is 1. The van der Waals surface area contributed by atoms with Crippen molar-refractivity contribution in [1.82, 2.24) is 9.88 Å². The van der Waals surface area contributed by atoms with Crippen molar-refractivity contribution in [3.05, 3.63) is 52.1 Å². The molecule has 7 heteroatoms. The minimum atomic E-state index is -0.607. The standard InChI is InChI=1S/C28H34FN3O3/c1-14-8-20(6-7-21(14)29)30-26(34)22-15(2)24(32(5)16(22)3)25(33)27(35)31-23-18-9-17-10-19(23)13-28(4,11-17)12-18/h6-8,17-19,23H,9-13H2,1-5H3,(H,30,34)(H,31,35). The van der Waals surface area contributed by atoms with Crippen LogP contribution in [0, 0.1) is 49.8 Å². The highest BCUT2D eigenvalue weighted by molar-refractivity contribution is 6.43. The van der Waals surface area contributed by atoms with E-state index < -0.39 is 17.6 Å². The van der Waals surface area contributed by atoms with Gasteiger partial charge in [0, 0.05) is 24.5 Å². The third-order valence-electron chi connectivity index (χ3n) is 8.87. The van der Waals surface area contributed by atoms with Gasteiger partial charge in [-0.1, -0.05) is 6.92 Å². The van der Waals surface area contributed by atoms with E-state index in [9.17, 15) is 18.8 Å². The lowest BCUT2D eigenvalue weighted by Crippen LogP contribution is -2.59. The van der Waals surface area contributed by atoms with Crippen LogP contribution in [0.3, 0.4) is 0 Å². The Kier molecular flexibility index (Phi) is 5.65. The second-order valence-electron chi connectivity index (χ2n) is 11.5. The lowest BCUT2D eigenvalue weighted by atomic mass is 9.48. The molecule has 1 heterocycles. The molecule has 1 aromatic carbocycles. The fourth-order valence-corrected chi connectivity index (χ4v) is 7.54. The average molecular weight is 480 g/mol. The molecular formula is C28H34FN3O3. The van der Waals surface area contributed by atoms with Crippen molar-refractivity contribution in [2.45, 2.75) is 65.8 Å². The largest absolute Gasteiger partial charge is 0.346 e. The number of halogens is 1. The molecule has 1 aromatic heterocycles. The van der Waals surface area contributed by atoms with Crippen molar-refractivity contribution < 1.29 is 18.8 Å². The van der Waals surface area contributed by atoms with Gasteiger partial charge in [-0.05, 0) is 105 Å². The van der Waals surface area contributed by atoms with Gasteiger partial charge in [0.1, 0.15) is 5.82 Å². The quantitative estimate of drug-likeness (QED) is 0.475. The van der Waals surface area contributed by atoms with Crippen LogP contribution in [-0.2, 0) is 11.8 Å². The van der Waals surface area contributed by atoms with Crippen molar-refractivity contribution in [2.24, 2.45) is 30.2 Å². The van der Waals surface area contributed by atoms with Crippen molar-refractivity contribution in [3.63, 3.8) is 0 Å². The van der Waals surface area contributed by atoms with Crippen LogP contribution in [0.2, 0.25) is 0 Å². The van der Waals surface area contributed by atoms with E-state index in [2.05, 4.69) is 17.6 Å². The van der Waals surface area contributed by atoms with Gasteiger partial charge in [0.05, 0.1) is 11.3 Å². The van der Waals surface area contributed by atoms with Crippen molar-refractivity contribution in [1.29, 1.82) is 0 Å². The first-order valence-electron chi connectivity index (χ1n) is 12.6. The molecule has 4 fully saturated rings. The van der Waals surface area contributed by atoms with Crippen LogP contribution in [-0.4, -0.2) is 28.2 Å². The van der Waals surface area contributed by atoms with E-state index in [0.717, 1.165) is 31.6 Å². The number of amides is 2. The number of carbonyl (C=O) groups excluding carboxylic acids is 3. The molecule has 2 atom stereocenters. The molecule has 2 aromatic rings. The summed E-state index contributed by atoms with van der Waals surface area (Å²) in [5.74, 6) is -0.288. The second-order valence-corrected chi connectivity index (χ2v) is 11.5. The topological polar surface area (TPSA) is 80.2 Å². The molecule has 6 nitrogen and oxygen atoms in total. The maximum atomic E-state index is 13.6. The van der Waals surface area contributed by atoms with Gasteiger partial charge in [-0.3, -0.25) is 14.4 Å². The number of ketones is 1. The number of Topliss-reactive ketones (excluding diaryl/α,β-unsaturated/α-hetero) is 1. The van der Waals surface area contributed by atoms with Crippen LogP contribution in [0.5, 0.6) is 0 Å². The number of nitrogens with zero attached hydrogens (tertiary/aromatic N) is 1. The molecule has 35 heavy (non-hydrogen) atoms. The normalized spacial score (nSPS) is 28.7. The van der Waals surface area contributed by atoms with E-state index in [1.807, 2.05) is 0 Å². The van der Waals surface area contributed by atoms with Crippen molar-refractivity contribution in [2.75, 3.05) is 5.32 Å². The number of hydrogen-bond donors (Lipinski definition) is 2. The Hall–Kier alpha value is -2.96. The average Bonchev–Trinajstić information content (AvgIpc) is 2.99. The molecule has 186 valence electrons. The summed E-state index contributed by atoms with van der Waals surface area (Å²) in [6.45, 7) is 7.45. The summed E-state index contributed by atoms with van der Waals surface area (Å²) in [6, 6.07) is 4.42. The van der Waals surface area contributed by atoms with Crippen LogP contribution in [0.15, 0.2) is 18.2 Å². The zero-order valence-corrected chi connectivity index (χ0v) is 21.1. The molecule has 4 aliphatic rings. The molecule has 6 rings (SSSR count). The molecule has 2 unspecified atom stereocenters. The Labute approximate surface area is 205 Å². The Morgan fingerprint density at radius 2 is 1.71 bits per heavy atom. The third-order valence-corrected chi connectivity index (χ3v) is 8.87. The van der Waals surface area contributed by atoms with Gasteiger partial charge in [-0.15, -0.1) is 0 Å². The van der Waals surface area contributed by atoms with Gasteiger partial charge in [-0.25, -0.2) is 4.39 Å². The SMILES string of the molecule is Cc1cc(NC(=O)c2c(C)c(C(=O)C(=O)NC3C4CC5CC3CC(C)(C5)C4)n(C)c2C)ccc1F. The molecule has 4 saturated carbocycles. The molecule has 4 aliphatic carbocycles. The van der Waals surface area contributed by atoms with Crippen LogP contribution >= 0.6 is 0 Å². The van der Waals surface area contributed by atoms with E-state index in [4.69, 9.17) is 0 Å². The Morgan fingerprint density at radius 3 is 2.31 bits per heavy atom. The predicted molar refractivity (Wildman–Crippen MR) is 132 cm³/mol. The lowest BCUT2D eigenvalue weighted by molar-refractivity contribution is -0.123. The smallest absolute Gasteiger partial charge is 0.294 e. The summed E-state index contributed by atoms with van der Waals surface area (Å²) >= 11 is 0. The zero-order valence-electron chi connectivity index (χ0n) is 21.1. The number of carbonyl (C=O) groups is 3. The number of hydrogen-bond acceptors (Lipinski definition) is 3. The minimum Gasteiger partial charge on any atom is -0.346 e. The number of aryl methyl sites for hydroxylation is 1. The van der Waals surface area contributed by atoms with Crippen LogP contribution in [0.25, 0.3) is 0 Å². The number of anilines is 1. The van der Waals surface area contributed by atoms with E-state index in [0.29, 0.717) is 45.3 Å². The summed E-state index contributed by atoms with van der Waals surface area (Å²) in [5, 5.41) is 5.89. The number of nitrogens with one attached hydrogen (secondary N) is 2. The van der Waals surface area contributed by atoms with Gasteiger partial charge in [0.25, 0.3) is 17.6 Å². The van der Waals surface area contributed by atoms with Crippen LogP contribution < -0.4 is 10.6 Å². The van der Waals surface area contributed by atoms with Gasteiger partial charge in [-0.2, -0.15) is 0 Å². The van der Waals surface area contributed by atoms with E-state index in [1.54, 1.807) is 38.5 Å². The zero-order chi connectivity index (χ0) is 25.2. The van der Waals surface area contributed by atoms with E-state index in [-0.39, 0.29) is 17.6 Å². The predicted octanol–water partition coefficient (Wildman–Crippen LogP) is 4.86. The summed E-state index contributed by atoms with van der Waals surface area (Å²) in [6.07, 6.45) is 5.81. The molecule has 2 amide bonds. The van der Waals surface area contributed by atoms with Gasteiger partial charge >= 0.3 is 0 Å². The highest BCUT2D eigenvalue weighted by Gasteiger charge is 2.53. The van der Waals surface area contributed by atoms with E-state index in [1.165, 1.54) is 18.6 Å². The summed E-state index contributed by atoms with van der Waals surface area (Å²) < 4.78 is 15.2. The summed E-state index contributed by atoms with van der Waals surface area (Å²) in [5.41, 5.74) is 2.94. The Balaban J connectivity index is 1.35. The number of benzene rings is 1. The minimum absolute atomic E-state index is 0.0576. The summed E-state index contributed by atoms with van der Waals surface area (Å²) in [4.78, 5) is 39.6. The fourth-order valence-electron chi connectivity index (χ4n) is 7.54. The third kappa shape index (κ3) is 3.99. The van der Waals surface area contributed by atoms with Crippen LogP contribution in [0.4, 0.5) is 10.1 Å². The van der Waals surface area contributed by atoms with Crippen LogP contribution in [0.1, 0.15) is 76.7 Å². The fraction of sp³-hybridized carbons (Fsp3) is 0.536. The molecule has 0 aliphatic heterocycles. The molecule has 0 spiro atoms. The lowest BCUT2D eigenvalue weighted by Gasteiger charge is -2.59. The van der Waals surface area contributed by atoms with Crippen molar-refractivity contribution >= 4 is 23.3 Å². The Bertz CT molecular complexity index is 1230. The maximum absolute atomic E-state index is 13.6. The second kappa shape index (κ2) is 8.32. The van der Waals surface area contributed by atoms with Crippen molar-refractivity contribution in [3.8, 4) is 0 Å². The van der Waals surface area contributed by atoms with Gasteiger partial charge < -0.3 is 15.2 Å². The first-order valence-corrected chi connectivity index (χ1v) is 12.6. The highest BCUT2D eigenvalue weighted by atomic mass is 19.1. The Morgan fingerprint density at radius 1 is 1.06 bits per heavy atom. The highest BCUT2D eigenvalue weighted by Crippen LogP contribution is 2.59. The molecule has 0 saturated heterocycles. The summed E-state index contributed by atoms with van der Waals surface area (Å²) in [7, 11) is 1.70. The first kappa shape index (κ1) is 23.8. The van der Waals surface area contributed by atoms with E-state index >= 15 is 0 Å². The monoisotopic (exact) mass is 479 g/mol. The van der Waals surface area contributed by atoms with Gasteiger partial charge in [0.2, 0.25) is 0 Å². The molecule has 4 bridgehead atoms. The number of rotatable bonds is 5. The molecular weight excluding hydrogens is 445 g/mol. The van der Waals surface area contributed by atoms with Gasteiger partial charge in [0.15, 0.2) is 0 Å². The first-order chi connectivity index (χ1) is 16.5. The maximum Gasteiger partial charge on any atom is 0.294 e. The molecule has 2 N–H and O–H groups in total.